The zero-order valence-electron chi connectivity index (χ0n) is 14.4. The van der Waals surface area contributed by atoms with Crippen LogP contribution in [-0.4, -0.2) is 49.7 Å². The first kappa shape index (κ1) is 17.7. The van der Waals surface area contributed by atoms with E-state index in [1.165, 1.54) is 10.6 Å². The molecule has 0 saturated carbocycles. The van der Waals surface area contributed by atoms with Crippen molar-refractivity contribution in [1.29, 1.82) is 0 Å². The third-order valence-corrected chi connectivity index (χ3v) is 6.48. The Kier molecular flexibility index (Phi) is 4.96. The molecular weight excluding hydrogens is 340 g/mol. The van der Waals surface area contributed by atoms with Crippen LogP contribution in [0.25, 0.3) is 0 Å². The molecule has 134 valence electrons. The molecular formula is C18H22N2O4S. The second-order valence-electron chi connectivity index (χ2n) is 6.30. The highest BCUT2D eigenvalue weighted by molar-refractivity contribution is 7.89. The second kappa shape index (κ2) is 7.01. The van der Waals surface area contributed by atoms with E-state index in [9.17, 15) is 13.2 Å². The molecule has 7 heteroatoms. The third kappa shape index (κ3) is 3.62. The van der Waals surface area contributed by atoms with Crippen LogP contribution in [0.2, 0.25) is 0 Å². The minimum absolute atomic E-state index is 0.198. The van der Waals surface area contributed by atoms with E-state index in [1.807, 2.05) is 19.1 Å². The predicted octanol–water partition coefficient (Wildman–Crippen LogP) is 2.43. The van der Waals surface area contributed by atoms with E-state index in [0.717, 1.165) is 11.1 Å². The van der Waals surface area contributed by atoms with E-state index in [4.69, 9.17) is 4.42 Å². The van der Waals surface area contributed by atoms with Crippen molar-refractivity contribution in [3.63, 3.8) is 0 Å². The smallest absolute Gasteiger partial charge is 0.289 e. The monoisotopic (exact) mass is 362 g/mol. The highest BCUT2D eigenvalue weighted by Crippen LogP contribution is 2.22. The Morgan fingerprint density at radius 2 is 1.88 bits per heavy atom. The van der Waals surface area contributed by atoms with Crippen LogP contribution in [0.4, 0.5) is 0 Å². The fraction of sp³-hybridized carbons (Fsp3) is 0.389. The summed E-state index contributed by atoms with van der Waals surface area (Å²) in [6, 6.07) is 8.73. The molecule has 3 rings (SSSR count). The molecule has 1 aliphatic heterocycles. The topological polar surface area (TPSA) is 70.8 Å². The highest BCUT2D eigenvalue weighted by Gasteiger charge is 2.30. The first-order valence-electron chi connectivity index (χ1n) is 8.30. The standard InChI is InChI=1S/C18H22N2O4S/c1-14-6-7-15(2)17(13-14)25(22,23)20-9-4-8-19(10-11-20)18(21)16-5-3-12-24-16/h3,5-7,12-13H,4,8-11H2,1-2H3. The first-order chi connectivity index (χ1) is 11.9. The zero-order chi connectivity index (χ0) is 18.0. The van der Waals surface area contributed by atoms with Gasteiger partial charge in [0.25, 0.3) is 5.91 Å². The van der Waals surface area contributed by atoms with Gasteiger partial charge in [0, 0.05) is 26.2 Å². The van der Waals surface area contributed by atoms with Gasteiger partial charge in [-0.3, -0.25) is 4.79 Å². The Balaban J connectivity index is 1.78. The molecule has 2 heterocycles. The summed E-state index contributed by atoms with van der Waals surface area (Å²) in [5.74, 6) is 0.0850. The summed E-state index contributed by atoms with van der Waals surface area (Å²) in [5.41, 5.74) is 1.65. The Labute approximate surface area is 148 Å². The normalized spacial score (nSPS) is 16.6. The Bertz CT molecular complexity index is 859. The lowest BCUT2D eigenvalue weighted by Gasteiger charge is -2.22. The fourth-order valence-electron chi connectivity index (χ4n) is 3.02. The number of carbonyl (C=O) groups excluding carboxylic acids is 1. The second-order valence-corrected chi connectivity index (χ2v) is 8.20. The van der Waals surface area contributed by atoms with Gasteiger partial charge < -0.3 is 9.32 Å². The van der Waals surface area contributed by atoms with Crippen molar-refractivity contribution >= 4 is 15.9 Å². The van der Waals surface area contributed by atoms with Gasteiger partial charge >= 0.3 is 0 Å². The minimum Gasteiger partial charge on any atom is -0.459 e. The van der Waals surface area contributed by atoms with Crippen molar-refractivity contribution in [2.24, 2.45) is 0 Å². The average Bonchev–Trinajstić information content (AvgIpc) is 3.00. The SMILES string of the molecule is Cc1ccc(C)c(S(=O)(=O)N2CCCN(C(=O)c3ccco3)CC2)c1. The molecule has 1 aromatic carbocycles. The molecule has 0 aliphatic carbocycles. The first-order valence-corrected chi connectivity index (χ1v) is 9.74. The van der Waals surface area contributed by atoms with E-state index in [1.54, 1.807) is 30.0 Å². The predicted molar refractivity (Wildman–Crippen MR) is 93.9 cm³/mol. The van der Waals surface area contributed by atoms with Gasteiger partial charge in [-0.05, 0) is 49.6 Å². The van der Waals surface area contributed by atoms with E-state index < -0.39 is 10.0 Å². The van der Waals surface area contributed by atoms with E-state index in [-0.39, 0.29) is 18.2 Å². The van der Waals surface area contributed by atoms with Crippen LogP contribution in [0.5, 0.6) is 0 Å². The van der Waals surface area contributed by atoms with Crippen LogP contribution in [-0.2, 0) is 10.0 Å². The number of sulfonamides is 1. The van der Waals surface area contributed by atoms with Crippen molar-refractivity contribution in [3.05, 3.63) is 53.5 Å². The van der Waals surface area contributed by atoms with Crippen LogP contribution in [0.15, 0.2) is 45.9 Å². The summed E-state index contributed by atoms with van der Waals surface area (Å²) < 4.78 is 32.7. The molecule has 6 nitrogen and oxygen atoms in total. The molecule has 1 amide bonds. The summed E-state index contributed by atoms with van der Waals surface area (Å²) >= 11 is 0. The number of rotatable bonds is 3. The van der Waals surface area contributed by atoms with Gasteiger partial charge in [-0.2, -0.15) is 4.31 Å². The van der Waals surface area contributed by atoms with Crippen molar-refractivity contribution < 1.29 is 17.6 Å². The van der Waals surface area contributed by atoms with Crippen molar-refractivity contribution in [1.82, 2.24) is 9.21 Å². The van der Waals surface area contributed by atoms with E-state index in [0.29, 0.717) is 31.0 Å². The minimum atomic E-state index is -3.57. The number of furan rings is 1. The maximum atomic E-state index is 13.0. The quantitative estimate of drug-likeness (QED) is 0.841. The average molecular weight is 362 g/mol. The zero-order valence-corrected chi connectivity index (χ0v) is 15.3. The van der Waals surface area contributed by atoms with E-state index >= 15 is 0 Å². The Hall–Kier alpha value is -2.12. The molecule has 0 spiro atoms. The number of nitrogens with zero attached hydrogens (tertiary/aromatic N) is 2. The third-order valence-electron chi connectivity index (χ3n) is 4.44. The molecule has 1 aromatic heterocycles. The van der Waals surface area contributed by atoms with Gasteiger partial charge in [0.15, 0.2) is 5.76 Å². The van der Waals surface area contributed by atoms with Crippen LogP contribution >= 0.6 is 0 Å². The molecule has 1 aliphatic rings. The lowest BCUT2D eigenvalue weighted by Crippen LogP contribution is -2.37. The molecule has 25 heavy (non-hydrogen) atoms. The lowest BCUT2D eigenvalue weighted by atomic mass is 10.2. The van der Waals surface area contributed by atoms with E-state index in [2.05, 4.69) is 0 Å². The summed E-state index contributed by atoms with van der Waals surface area (Å²) in [5, 5.41) is 0. The molecule has 0 radical (unpaired) electrons. The van der Waals surface area contributed by atoms with Crippen LogP contribution in [0, 0.1) is 13.8 Å². The van der Waals surface area contributed by atoms with Crippen LogP contribution in [0.3, 0.4) is 0 Å². The summed E-state index contributed by atoms with van der Waals surface area (Å²) in [6.45, 7) is 5.23. The van der Waals surface area contributed by atoms with Gasteiger partial charge in [-0.15, -0.1) is 0 Å². The van der Waals surface area contributed by atoms with Crippen LogP contribution in [0.1, 0.15) is 28.1 Å². The number of carbonyl (C=O) groups is 1. The van der Waals surface area contributed by atoms with Gasteiger partial charge in [-0.25, -0.2) is 8.42 Å². The van der Waals surface area contributed by atoms with Gasteiger partial charge in [-0.1, -0.05) is 12.1 Å². The summed E-state index contributed by atoms with van der Waals surface area (Å²) in [6.07, 6.45) is 2.05. The molecule has 0 bridgehead atoms. The molecule has 0 N–H and O–H groups in total. The number of benzene rings is 1. The highest BCUT2D eigenvalue weighted by atomic mass is 32.2. The van der Waals surface area contributed by atoms with Crippen molar-refractivity contribution in [2.75, 3.05) is 26.2 Å². The summed E-state index contributed by atoms with van der Waals surface area (Å²) in [7, 11) is -3.57. The number of amides is 1. The maximum Gasteiger partial charge on any atom is 0.289 e. The van der Waals surface area contributed by atoms with Crippen LogP contribution < -0.4 is 0 Å². The van der Waals surface area contributed by atoms with Gasteiger partial charge in [0.05, 0.1) is 11.2 Å². The number of hydrogen-bond donors (Lipinski definition) is 0. The molecule has 0 unspecified atom stereocenters. The molecule has 1 saturated heterocycles. The molecule has 2 aromatic rings. The maximum absolute atomic E-state index is 13.0. The molecule has 0 atom stereocenters. The number of hydrogen-bond acceptors (Lipinski definition) is 4. The summed E-state index contributed by atoms with van der Waals surface area (Å²) in [4.78, 5) is 14.4. The fourth-order valence-corrected chi connectivity index (χ4v) is 4.80. The van der Waals surface area contributed by atoms with Crippen molar-refractivity contribution in [2.45, 2.75) is 25.2 Å². The Morgan fingerprint density at radius 1 is 1.08 bits per heavy atom. The van der Waals surface area contributed by atoms with Gasteiger partial charge in [0.1, 0.15) is 0 Å². The largest absolute Gasteiger partial charge is 0.459 e. The number of aryl methyl sites for hydroxylation is 2. The van der Waals surface area contributed by atoms with Crippen molar-refractivity contribution in [3.8, 4) is 0 Å². The van der Waals surface area contributed by atoms with Gasteiger partial charge in [0.2, 0.25) is 10.0 Å². The Morgan fingerprint density at radius 3 is 2.60 bits per heavy atom. The molecule has 1 fully saturated rings. The lowest BCUT2D eigenvalue weighted by molar-refractivity contribution is 0.0732.